The lowest BCUT2D eigenvalue weighted by Gasteiger charge is -2.39. The van der Waals surface area contributed by atoms with E-state index in [4.69, 9.17) is 18.9 Å². The fourth-order valence-electron chi connectivity index (χ4n) is 3.45. The monoisotopic (exact) mass is 436 g/mol. The number of rotatable bonds is 8. The van der Waals surface area contributed by atoms with Crippen LogP contribution < -0.4 is 14.2 Å². The number of ether oxygens (including phenoxy) is 4. The molecule has 0 unspecified atom stereocenters. The van der Waals surface area contributed by atoms with Gasteiger partial charge in [-0.3, -0.25) is 0 Å². The van der Waals surface area contributed by atoms with Crippen molar-refractivity contribution in [3.8, 4) is 23.0 Å². The Labute approximate surface area is 180 Å². The molecule has 1 heterocycles. The average Bonchev–Trinajstić information content (AvgIpc) is 2.77. The maximum absolute atomic E-state index is 10.2. The number of aromatic hydroxyl groups is 1. The zero-order valence-electron chi connectivity index (χ0n) is 17.3. The number of benzene rings is 2. The summed E-state index contributed by atoms with van der Waals surface area (Å²) in [5.41, 5.74) is 1.75. The van der Waals surface area contributed by atoms with Crippen LogP contribution in [0.4, 0.5) is 0 Å². The van der Waals surface area contributed by atoms with E-state index in [2.05, 4.69) is 0 Å². The van der Waals surface area contributed by atoms with Gasteiger partial charge >= 0.3 is 0 Å². The highest BCUT2D eigenvalue weighted by Gasteiger charge is 2.44. The Balaban J connectivity index is 1.75. The Bertz CT molecular complexity index is 870. The fraction of sp³-hybridized carbons (Fsp3) is 0.455. The van der Waals surface area contributed by atoms with Gasteiger partial charge in [0, 0.05) is 12.1 Å². The van der Waals surface area contributed by atoms with Gasteiger partial charge in [0.05, 0.1) is 20.8 Å². The van der Waals surface area contributed by atoms with Crippen molar-refractivity contribution in [3.05, 3.63) is 47.5 Å². The predicted molar refractivity (Wildman–Crippen MR) is 109 cm³/mol. The van der Waals surface area contributed by atoms with Crippen LogP contribution in [0.15, 0.2) is 36.4 Å². The summed E-state index contributed by atoms with van der Waals surface area (Å²) in [6.07, 6.45) is -5.64. The third-order valence-electron chi connectivity index (χ3n) is 5.17. The molecule has 0 amide bonds. The standard InChI is InChI=1S/C22H28O9/c1-28-15-6-12(5-14(24)9-15)3-4-13-7-16(29-2)10-17(8-13)30-22-21(27)20(26)19(25)18(11-23)31-22/h5-10,18-27H,3-4,11H2,1-2H3/t18-,19-,20+,21-,22-/m1/s1. The Hall–Kier alpha value is -2.56. The molecule has 170 valence electrons. The van der Waals surface area contributed by atoms with Crippen LogP contribution in [0.25, 0.3) is 0 Å². The average molecular weight is 436 g/mol. The number of aryl methyl sites for hydroxylation is 2. The van der Waals surface area contributed by atoms with E-state index in [0.717, 1.165) is 11.1 Å². The van der Waals surface area contributed by atoms with Gasteiger partial charge in [-0.1, -0.05) is 0 Å². The molecule has 0 aliphatic carbocycles. The minimum Gasteiger partial charge on any atom is -0.508 e. The van der Waals surface area contributed by atoms with E-state index in [0.29, 0.717) is 30.1 Å². The molecule has 1 fully saturated rings. The van der Waals surface area contributed by atoms with E-state index in [1.807, 2.05) is 12.1 Å². The summed E-state index contributed by atoms with van der Waals surface area (Å²) >= 11 is 0. The third kappa shape index (κ3) is 5.57. The molecule has 9 nitrogen and oxygen atoms in total. The lowest BCUT2D eigenvalue weighted by molar-refractivity contribution is -0.277. The minimum atomic E-state index is -1.53. The molecule has 3 rings (SSSR count). The molecule has 0 spiro atoms. The number of phenols is 1. The van der Waals surface area contributed by atoms with E-state index >= 15 is 0 Å². The second kappa shape index (κ2) is 10.2. The number of methoxy groups -OCH3 is 2. The van der Waals surface area contributed by atoms with Crippen LogP contribution in [0.5, 0.6) is 23.0 Å². The number of hydrogen-bond acceptors (Lipinski definition) is 9. The van der Waals surface area contributed by atoms with Gasteiger partial charge in [-0.2, -0.15) is 0 Å². The number of aliphatic hydroxyl groups excluding tert-OH is 4. The second-order valence-corrected chi connectivity index (χ2v) is 7.37. The largest absolute Gasteiger partial charge is 0.508 e. The Kier molecular flexibility index (Phi) is 7.58. The second-order valence-electron chi connectivity index (χ2n) is 7.37. The van der Waals surface area contributed by atoms with Crippen LogP contribution in [0.2, 0.25) is 0 Å². The van der Waals surface area contributed by atoms with Gasteiger partial charge in [0.2, 0.25) is 6.29 Å². The molecule has 1 saturated heterocycles. The molecule has 0 aromatic heterocycles. The zero-order valence-corrected chi connectivity index (χ0v) is 17.3. The van der Waals surface area contributed by atoms with Crippen LogP contribution >= 0.6 is 0 Å². The van der Waals surface area contributed by atoms with Crippen molar-refractivity contribution in [2.45, 2.75) is 43.5 Å². The highest BCUT2D eigenvalue weighted by Crippen LogP contribution is 2.29. The van der Waals surface area contributed by atoms with Crippen molar-refractivity contribution in [1.29, 1.82) is 0 Å². The summed E-state index contributed by atoms with van der Waals surface area (Å²) < 4.78 is 21.6. The van der Waals surface area contributed by atoms with E-state index in [1.54, 1.807) is 18.2 Å². The first kappa shape index (κ1) is 23.1. The SMILES string of the molecule is COc1cc(O)cc(CCc2cc(OC)cc(O[C@@H]3O[C@H](CO)[C@@H](O)[C@H](O)[C@H]3O)c2)c1. The number of aliphatic hydroxyl groups is 4. The third-order valence-corrected chi connectivity index (χ3v) is 5.17. The van der Waals surface area contributed by atoms with Crippen molar-refractivity contribution in [2.24, 2.45) is 0 Å². The quantitative estimate of drug-likeness (QED) is 0.397. The number of phenolic OH excluding ortho intramolecular Hbond substituents is 1. The molecule has 5 N–H and O–H groups in total. The van der Waals surface area contributed by atoms with Gasteiger partial charge < -0.3 is 44.5 Å². The minimum absolute atomic E-state index is 0.117. The van der Waals surface area contributed by atoms with Crippen LogP contribution in [0.1, 0.15) is 11.1 Å². The van der Waals surface area contributed by atoms with E-state index in [9.17, 15) is 25.5 Å². The first-order valence-electron chi connectivity index (χ1n) is 9.86. The van der Waals surface area contributed by atoms with Crippen molar-refractivity contribution in [2.75, 3.05) is 20.8 Å². The van der Waals surface area contributed by atoms with E-state index in [-0.39, 0.29) is 5.75 Å². The molecule has 1 aliphatic rings. The highest BCUT2D eigenvalue weighted by molar-refractivity contribution is 5.41. The summed E-state index contributed by atoms with van der Waals surface area (Å²) in [5, 5.41) is 49.2. The Morgan fingerprint density at radius 2 is 1.35 bits per heavy atom. The highest BCUT2D eigenvalue weighted by atomic mass is 16.7. The van der Waals surface area contributed by atoms with Gasteiger partial charge in [-0.25, -0.2) is 0 Å². The topological polar surface area (TPSA) is 138 Å². The first-order chi connectivity index (χ1) is 14.8. The Morgan fingerprint density at radius 3 is 1.97 bits per heavy atom. The maximum atomic E-state index is 10.2. The maximum Gasteiger partial charge on any atom is 0.229 e. The van der Waals surface area contributed by atoms with Gasteiger partial charge in [-0.05, 0) is 48.2 Å². The summed E-state index contributed by atoms with van der Waals surface area (Å²) in [6, 6.07) is 10.2. The fourth-order valence-corrected chi connectivity index (χ4v) is 3.45. The molecular weight excluding hydrogens is 408 g/mol. The van der Waals surface area contributed by atoms with Crippen LogP contribution in [0, 0.1) is 0 Å². The predicted octanol–water partition coefficient (Wildman–Crippen LogP) is 0.373. The smallest absolute Gasteiger partial charge is 0.229 e. The summed E-state index contributed by atoms with van der Waals surface area (Å²) in [7, 11) is 3.04. The first-order valence-corrected chi connectivity index (χ1v) is 9.86. The van der Waals surface area contributed by atoms with Gasteiger partial charge in [0.1, 0.15) is 47.4 Å². The van der Waals surface area contributed by atoms with Crippen molar-refractivity contribution in [3.63, 3.8) is 0 Å². The Morgan fingerprint density at radius 1 is 0.774 bits per heavy atom. The normalized spacial score (nSPS) is 25.8. The molecule has 2 aromatic rings. The van der Waals surface area contributed by atoms with Crippen molar-refractivity contribution < 1.29 is 44.5 Å². The molecule has 1 aliphatic heterocycles. The molecular formula is C22H28O9. The van der Waals surface area contributed by atoms with Crippen molar-refractivity contribution >= 4 is 0 Å². The summed E-state index contributed by atoms with van der Waals surface area (Å²) in [6.45, 7) is -0.540. The molecule has 31 heavy (non-hydrogen) atoms. The summed E-state index contributed by atoms with van der Waals surface area (Å²) in [4.78, 5) is 0. The van der Waals surface area contributed by atoms with Crippen LogP contribution in [-0.4, -0.2) is 77.1 Å². The molecule has 5 atom stereocenters. The van der Waals surface area contributed by atoms with Crippen LogP contribution in [-0.2, 0) is 17.6 Å². The lowest BCUT2D eigenvalue weighted by Crippen LogP contribution is -2.60. The van der Waals surface area contributed by atoms with Crippen molar-refractivity contribution in [1.82, 2.24) is 0 Å². The summed E-state index contributed by atoms with van der Waals surface area (Å²) in [5.74, 6) is 1.52. The van der Waals surface area contributed by atoms with Gasteiger partial charge in [-0.15, -0.1) is 0 Å². The number of hydrogen-bond donors (Lipinski definition) is 5. The molecule has 0 radical (unpaired) electrons. The van der Waals surface area contributed by atoms with Gasteiger partial charge in [0.15, 0.2) is 0 Å². The lowest BCUT2D eigenvalue weighted by atomic mass is 9.99. The molecule has 0 saturated carbocycles. The molecule has 0 bridgehead atoms. The van der Waals surface area contributed by atoms with E-state index < -0.39 is 37.3 Å². The molecule has 9 heteroatoms. The molecule has 2 aromatic carbocycles. The van der Waals surface area contributed by atoms with Gasteiger partial charge in [0.25, 0.3) is 0 Å². The van der Waals surface area contributed by atoms with E-state index in [1.165, 1.54) is 20.3 Å². The zero-order chi connectivity index (χ0) is 22.5. The van der Waals surface area contributed by atoms with Crippen LogP contribution in [0.3, 0.4) is 0 Å².